The van der Waals surface area contributed by atoms with Gasteiger partial charge in [0.1, 0.15) is 5.82 Å². The Kier molecular flexibility index (Phi) is 5.36. The Morgan fingerprint density at radius 3 is 2.59 bits per heavy atom. The summed E-state index contributed by atoms with van der Waals surface area (Å²) in [6.07, 6.45) is 1.75. The number of nitrogens with one attached hydrogen (secondary N) is 2. The summed E-state index contributed by atoms with van der Waals surface area (Å²) in [4.78, 5) is 18.3. The van der Waals surface area contributed by atoms with E-state index < -0.39 is 0 Å². The summed E-state index contributed by atoms with van der Waals surface area (Å²) in [6.45, 7) is 2.40. The Morgan fingerprint density at radius 2 is 1.91 bits per heavy atom. The zero-order valence-corrected chi connectivity index (χ0v) is 13.2. The molecule has 5 nitrogen and oxygen atoms in total. The molecule has 2 rings (SSSR count). The van der Waals surface area contributed by atoms with E-state index in [2.05, 4.69) is 15.6 Å². The minimum atomic E-state index is -0.190. The molecular formula is C17H22N4O. The number of amides is 2. The summed E-state index contributed by atoms with van der Waals surface area (Å²) >= 11 is 0. The molecule has 2 N–H and O–H groups in total. The number of hydrogen-bond donors (Lipinski definition) is 2. The van der Waals surface area contributed by atoms with Gasteiger partial charge in [-0.2, -0.15) is 0 Å². The Bertz CT molecular complexity index is 613. The van der Waals surface area contributed by atoms with Gasteiger partial charge >= 0.3 is 6.03 Å². The lowest BCUT2D eigenvalue weighted by atomic mass is 10.1. The SMILES string of the molecule is CC(NC(=O)NCc1cccnc1N(C)C)c1ccccc1. The van der Waals surface area contributed by atoms with Crippen LogP contribution in [0.3, 0.4) is 0 Å². The molecule has 0 saturated carbocycles. The van der Waals surface area contributed by atoms with Gasteiger partial charge < -0.3 is 15.5 Å². The van der Waals surface area contributed by atoms with Crippen LogP contribution in [0.15, 0.2) is 48.7 Å². The Labute approximate surface area is 131 Å². The first kappa shape index (κ1) is 15.8. The van der Waals surface area contributed by atoms with E-state index in [1.807, 2.05) is 68.4 Å². The summed E-state index contributed by atoms with van der Waals surface area (Å²) in [5, 5.41) is 5.81. The molecule has 1 aromatic heterocycles. The van der Waals surface area contributed by atoms with Crippen LogP contribution in [0.2, 0.25) is 0 Å². The molecule has 0 aliphatic rings. The van der Waals surface area contributed by atoms with E-state index >= 15 is 0 Å². The van der Waals surface area contributed by atoms with E-state index in [1.165, 1.54) is 0 Å². The van der Waals surface area contributed by atoms with Crippen LogP contribution in [0, 0.1) is 0 Å². The number of urea groups is 1. The lowest BCUT2D eigenvalue weighted by molar-refractivity contribution is 0.237. The molecule has 0 fully saturated rings. The number of nitrogens with zero attached hydrogens (tertiary/aromatic N) is 2. The average molecular weight is 298 g/mol. The quantitative estimate of drug-likeness (QED) is 0.892. The van der Waals surface area contributed by atoms with Crippen LogP contribution in [0.5, 0.6) is 0 Å². The van der Waals surface area contributed by atoms with Crippen molar-refractivity contribution in [3.05, 3.63) is 59.8 Å². The molecule has 0 aliphatic carbocycles. The molecular weight excluding hydrogens is 276 g/mol. The fourth-order valence-corrected chi connectivity index (χ4v) is 2.22. The van der Waals surface area contributed by atoms with Gasteiger partial charge in [0, 0.05) is 32.4 Å². The maximum atomic E-state index is 12.0. The van der Waals surface area contributed by atoms with Gasteiger partial charge in [-0.3, -0.25) is 0 Å². The zero-order chi connectivity index (χ0) is 15.9. The third-order valence-electron chi connectivity index (χ3n) is 3.38. The predicted molar refractivity (Wildman–Crippen MR) is 88.8 cm³/mol. The number of rotatable bonds is 5. The van der Waals surface area contributed by atoms with Crippen LogP contribution in [0.1, 0.15) is 24.1 Å². The lowest BCUT2D eigenvalue weighted by Gasteiger charge is -2.18. The van der Waals surface area contributed by atoms with Gasteiger partial charge in [0.05, 0.1) is 6.04 Å². The predicted octanol–water partition coefficient (Wildman–Crippen LogP) is 2.71. The smallest absolute Gasteiger partial charge is 0.315 e. The highest BCUT2D eigenvalue weighted by molar-refractivity contribution is 5.74. The highest BCUT2D eigenvalue weighted by Crippen LogP contribution is 2.14. The van der Waals surface area contributed by atoms with E-state index in [4.69, 9.17) is 0 Å². The van der Waals surface area contributed by atoms with Crippen molar-refractivity contribution < 1.29 is 4.79 Å². The Balaban J connectivity index is 1.91. The number of carbonyl (C=O) groups is 1. The second-order valence-electron chi connectivity index (χ2n) is 5.34. The second kappa shape index (κ2) is 7.45. The number of aromatic nitrogens is 1. The van der Waals surface area contributed by atoms with E-state index in [0.717, 1.165) is 16.9 Å². The number of anilines is 1. The van der Waals surface area contributed by atoms with Gasteiger partial charge in [-0.15, -0.1) is 0 Å². The van der Waals surface area contributed by atoms with Crippen molar-refractivity contribution >= 4 is 11.8 Å². The van der Waals surface area contributed by atoms with Crippen molar-refractivity contribution in [2.45, 2.75) is 19.5 Å². The largest absolute Gasteiger partial charge is 0.362 e. The summed E-state index contributed by atoms with van der Waals surface area (Å²) < 4.78 is 0. The molecule has 0 bridgehead atoms. The van der Waals surface area contributed by atoms with Crippen molar-refractivity contribution in [1.29, 1.82) is 0 Å². The molecule has 22 heavy (non-hydrogen) atoms. The molecule has 2 aromatic rings. The van der Waals surface area contributed by atoms with Crippen molar-refractivity contribution in [3.63, 3.8) is 0 Å². The van der Waals surface area contributed by atoms with Gasteiger partial charge in [0.15, 0.2) is 0 Å². The molecule has 1 unspecified atom stereocenters. The van der Waals surface area contributed by atoms with E-state index in [1.54, 1.807) is 6.20 Å². The van der Waals surface area contributed by atoms with Crippen molar-refractivity contribution in [2.24, 2.45) is 0 Å². The normalized spacial score (nSPS) is 11.6. The first-order chi connectivity index (χ1) is 10.6. The number of pyridine rings is 1. The van der Waals surface area contributed by atoms with Crippen LogP contribution in [0.25, 0.3) is 0 Å². The zero-order valence-electron chi connectivity index (χ0n) is 13.2. The summed E-state index contributed by atoms with van der Waals surface area (Å²) in [5.74, 6) is 0.860. The topological polar surface area (TPSA) is 57.3 Å². The number of carbonyl (C=O) groups excluding carboxylic acids is 1. The maximum Gasteiger partial charge on any atom is 0.315 e. The standard InChI is InChI=1S/C17H22N4O/c1-13(14-8-5-4-6-9-14)20-17(22)19-12-15-10-7-11-18-16(15)21(2)3/h4-11,13H,12H2,1-3H3,(H2,19,20,22). The molecule has 0 saturated heterocycles. The molecule has 1 heterocycles. The third-order valence-corrected chi connectivity index (χ3v) is 3.38. The van der Waals surface area contributed by atoms with E-state index in [9.17, 15) is 4.79 Å². The molecule has 0 radical (unpaired) electrons. The van der Waals surface area contributed by atoms with Crippen LogP contribution in [-0.4, -0.2) is 25.1 Å². The van der Waals surface area contributed by atoms with Crippen molar-refractivity contribution in [1.82, 2.24) is 15.6 Å². The first-order valence-electron chi connectivity index (χ1n) is 7.28. The summed E-state index contributed by atoms with van der Waals surface area (Å²) in [6, 6.07) is 13.5. The maximum absolute atomic E-state index is 12.0. The van der Waals surface area contributed by atoms with Crippen LogP contribution in [0.4, 0.5) is 10.6 Å². The number of hydrogen-bond acceptors (Lipinski definition) is 3. The molecule has 5 heteroatoms. The summed E-state index contributed by atoms with van der Waals surface area (Å²) in [5.41, 5.74) is 2.06. The highest BCUT2D eigenvalue weighted by Gasteiger charge is 2.10. The van der Waals surface area contributed by atoms with Gasteiger partial charge in [-0.25, -0.2) is 9.78 Å². The van der Waals surface area contributed by atoms with Gasteiger partial charge in [-0.1, -0.05) is 36.4 Å². The first-order valence-corrected chi connectivity index (χ1v) is 7.28. The van der Waals surface area contributed by atoms with Crippen LogP contribution < -0.4 is 15.5 Å². The molecule has 0 aliphatic heterocycles. The monoisotopic (exact) mass is 298 g/mol. The summed E-state index contributed by atoms with van der Waals surface area (Å²) in [7, 11) is 3.87. The minimum absolute atomic E-state index is 0.0385. The van der Waals surface area contributed by atoms with E-state index in [-0.39, 0.29) is 12.1 Å². The molecule has 1 aromatic carbocycles. The molecule has 1 atom stereocenters. The second-order valence-corrected chi connectivity index (χ2v) is 5.34. The lowest BCUT2D eigenvalue weighted by Crippen LogP contribution is -2.36. The fraction of sp³-hybridized carbons (Fsp3) is 0.294. The van der Waals surface area contributed by atoms with Crippen molar-refractivity contribution in [2.75, 3.05) is 19.0 Å². The van der Waals surface area contributed by atoms with Crippen LogP contribution in [-0.2, 0) is 6.54 Å². The Morgan fingerprint density at radius 1 is 1.18 bits per heavy atom. The molecule has 0 spiro atoms. The minimum Gasteiger partial charge on any atom is -0.362 e. The fourth-order valence-electron chi connectivity index (χ4n) is 2.22. The molecule has 2 amide bonds. The highest BCUT2D eigenvalue weighted by atomic mass is 16.2. The number of benzene rings is 1. The Hall–Kier alpha value is -2.56. The van der Waals surface area contributed by atoms with Crippen molar-refractivity contribution in [3.8, 4) is 0 Å². The van der Waals surface area contributed by atoms with E-state index in [0.29, 0.717) is 6.54 Å². The van der Waals surface area contributed by atoms with Gasteiger partial charge in [0.25, 0.3) is 0 Å². The van der Waals surface area contributed by atoms with Gasteiger partial charge in [0.2, 0.25) is 0 Å². The molecule has 116 valence electrons. The third kappa shape index (κ3) is 4.22. The average Bonchev–Trinajstić information content (AvgIpc) is 2.54. The van der Waals surface area contributed by atoms with Gasteiger partial charge in [-0.05, 0) is 18.6 Å². The van der Waals surface area contributed by atoms with Crippen LogP contribution >= 0.6 is 0 Å².